The van der Waals surface area contributed by atoms with Gasteiger partial charge in [0.1, 0.15) is 5.76 Å². The first-order chi connectivity index (χ1) is 6.56. The second-order valence-electron chi connectivity index (χ2n) is 3.83. The second-order valence-corrected chi connectivity index (χ2v) is 3.83. The number of rotatable bonds is 3. The van der Waals surface area contributed by atoms with Gasteiger partial charge in [-0.05, 0) is 36.5 Å². The molecule has 1 heteroatoms. The number of hydrogen-bond acceptors (Lipinski definition) is 1. The van der Waals surface area contributed by atoms with Gasteiger partial charge in [-0.25, -0.2) is 0 Å². The standard InChI is InChI=1S/C13H18O/c1-5-9(2)13-8-12(11(4)14)7-6-10(13)3/h6-9,14H,4-5H2,1-3H3. The highest BCUT2D eigenvalue weighted by molar-refractivity contribution is 5.57. The smallest absolute Gasteiger partial charge is 0.115 e. The summed E-state index contributed by atoms with van der Waals surface area (Å²) in [6, 6.07) is 5.98. The second kappa shape index (κ2) is 4.32. The highest BCUT2D eigenvalue weighted by atomic mass is 16.3. The molecule has 0 aromatic heterocycles. The predicted octanol–water partition coefficient (Wildman–Crippen LogP) is 4.04. The molecule has 1 rings (SSSR count). The normalized spacial score (nSPS) is 12.5. The molecule has 0 bridgehead atoms. The summed E-state index contributed by atoms with van der Waals surface area (Å²) >= 11 is 0. The molecule has 1 nitrogen and oxygen atoms in total. The van der Waals surface area contributed by atoms with Crippen LogP contribution in [0.4, 0.5) is 0 Å². The van der Waals surface area contributed by atoms with Crippen molar-refractivity contribution in [3.8, 4) is 0 Å². The van der Waals surface area contributed by atoms with Gasteiger partial charge in [-0.2, -0.15) is 0 Å². The van der Waals surface area contributed by atoms with E-state index >= 15 is 0 Å². The van der Waals surface area contributed by atoms with E-state index in [0.29, 0.717) is 5.92 Å². The molecule has 0 radical (unpaired) electrons. The zero-order valence-electron chi connectivity index (χ0n) is 9.17. The van der Waals surface area contributed by atoms with Gasteiger partial charge in [0.15, 0.2) is 0 Å². The van der Waals surface area contributed by atoms with Crippen molar-refractivity contribution in [1.82, 2.24) is 0 Å². The lowest BCUT2D eigenvalue weighted by Gasteiger charge is -2.13. The lowest BCUT2D eigenvalue weighted by Crippen LogP contribution is -1.96. The van der Waals surface area contributed by atoms with Crippen LogP contribution in [0.1, 0.15) is 42.9 Å². The van der Waals surface area contributed by atoms with Gasteiger partial charge in [0, 0.05) is 5.56 Å². The summed E-state index contributed by atoms with van der Waals surface area (Å²) in [5, 5.41) is 9.30. The molecule has 1 N–H and O–H groups in total. The molecule has 1 aromatic carbocycles. The largest absolute Gasteiger partial charge is 0.508 e. The Labute approximate surface area is 86.1 Å². The van der Waals surface area contributed by atoms with E-state index in [2.05, 4.69) is 27.4 Å². The Kier molecular flexibility index (Phi) is 3.34. The third-order valence-corrected chi connectivity index (χ3v) is 2.76. The van der Waals surface area contributed by atoms with Crippen molar-refractivity contribution in [1.29, 1.82) is 0 Å². The van der Waals surface area contributed by atoms with E-state index < -0.39 is 0 Å². The summed E-state index contributed by atoms with van der Waals surface area (Å²) in [5.74, 6) is 0.684. The van der Waals surface area contributed by atoms with E-state index in [1.54, 1.807) is 0 Å². The van der Waals surface area contributed by atoms with Crippen LogP contribution in [0.2, 0.25) is 0 Å². The van der Waals surface area contributed by atoms with Crippen molar-refractivity contribution in [2.75, 3.05) is 0 Å². The van der Waals surface area contributed by atoms with Crippen LogP contribution in [0.3, 0.4) is 0 Å². The van der Waals surface area contributed by atoms with E-state index in [0.717, 1.165) is 12.0 Å². The van der Waals surface area contributed by atoms with Crippen LogP contribution in [0, 0.1) is 6.92 Å². The summed E-state index contributed by atoms with van der Waals surface area (Å²) < 4.78 is 0. The summed E-state index contributed by atoms with van der Waals surface area (Å²) in [7, 11) is 0. The van der Waals surface area contributed by atoms with Crippen molar-refractivity contribution < 1.29 is 5.11 Å². The lowest BCUT2D eigenvalue weighted by atomic mass is 9.92. The molecule has 0 heterocycles. The summed E-state index contributed by atoms with van der Waals surface area (Å²) in [4.78, 5) is 0. The highest BCUT2D eigenvalue weighted by Gasteiger charge is 2.08. The van der Waals surface area contributed by atoms with E-state index in [-0.39, 0.29) is 5.76 Å². The third kappa shape index (κ3) is 2.16. The van der Waals surface area contributed by atoms with Gasteiger partial charge in [-0.1, -0.05) is 32.6 Å². The molecule has 0 amide bonds. The van der Waals surface area contributed by atoms with Gasteiger partial charge in [-0.15, -0.1) is 0 Å². The molecular formula is C13H18O. The monoisotopic (exact) mass is 190 g/mol. The zero-order valence-corrected chi connectivity index (χ0v) is 9.17. The molecule has 0 aliphatic carbocycles. The Morgan fingerprint density at radius 1 is 1.50 bits per heavy atom. The number of benzene rings is 1. The van der Waals surface area contributed by atoms with Crippen LogP contribution >= 0.6 is 0 Å². The third-order valence-electron chi connectivity index (χ3n) is 2.76. The Balaban J connectivity index is 3.14. The van der Waals surface area contributed by atoms with E-state index in [1.807, 2.05) is 18.2 Å². The molecule has 0 saturated heterocycles. The maximum atomic E-state index is 9.30. The minimum atomic E-state index is 0.148. The molecule has 76 valence electrons. The molecule has 0 saturated carbocycles. The first-order valence-corrected chi connectivity index (χ1v) is 5.05. The van der Waals surface area contributed by atoms with Crippen LogP contribution in [0.25, 0.3) is 5.76 Å². The topological polar surface area (TPSA) is 20.2 Å². The van der Waals surface area contributed by atoms with Crippen molar-refractivity contribution in [3.05, 3.63) is 41.5 Å². The summed E-state index contributed by atoms with van der Waals surface area (Å²) in [6.07, 6.45) is 1.11. The molecule has 1 unspecified atom stereocenters. The number of aliphatic hydroxyl groups excluding tert-OH is 1. The van der Waals surface area contributed by atoms with Gasteiger partial charge in [0.05, 0.1) is 0 Å². The SMILES string of the molecule is C=C(O)c1ccc(C)c(C(C)CC)c1. The van der Waals surface area contributed by atoms with Crippen LogP contribution < -0.4 is 0 Å². The van der Waals surface area contributed by atoms with Crippen LogP contribution in [0.5, 0.6) is 0 Å². The first kappa shape index (κ1) is 10.8. The molecule has 0 aliphatic rings. The Hall–Kier alpha value is -1.24. The highest BCUT2D eigenvalue weighted by Crippen LogP contribution is 2.25. The van der Waals surface area contributed by atoms with Gasteiger partial charge in [0.2, 0.25) is 0 Å². The minimum absolute atomic E-state index is 0.148. The molecule has 0 spiro atoms. The van der Waals surface area contributed by atoms with Gasteiger partial charge < -0.3 is 5.11 Å². The maximum Gasteiger partial charge on any atom is 0.115 e. The van der Waals surface area contributed by atoms with Gasteiger partial charge >= 0.3 is 0 Å². The molecular weight excluding hydrogens is 172 g/mol. The molecule has 1 atom stereocenters. The summed E-state index contributed by atoms with van der Waals surface area (Å²) in [6.45, 7) is 10.0. The fourth-order valence-electron chi connectivity index (χ4n) is 1.57. The van der Waals surface area contributed by atoms with Crippen LogP contribution in [0.15, 0.2) is 24.8 Å². The first-order valence-electron chi connectivity index (χ1n) is 5.05. The van der Waals surface area contributed by atoms with Gasteiger partial charge in [-0.3, -0.25) is 0 Å². The molecule has 0 aliphatic heterocycles. The molecule has 0 fully saturated rings. The predicted molar refractivity (Wildman–Crippen MR) is 61.5 cm³/mol. The lowest BCUT2D eigenvalue weighted by molar-refractivity contribution is 0.513. The maximum absolute atomic E-state index is 9.30. The van der Waals surface area contributed by atoms with Gasteiger partial charge in [0.25, 0.3) is 0 Å². The molecule has 14 heavy (non-hydrogen) atoms. The van der Waals surface area contributed by atoms with E-state index in [4.69, 9.17) is 0 Å². The van der Waals surface area contributed by atoms with Crippen LogP contribution in [-0.2, 0) is 0 Å². The van der Waals surface area contributed by atoms with Crippen molar-refractivity contribution in [3.63, 3.8) is 0 Å². The fraction of sp³-hybridized carbons (Fsp3) is 0.385. The van der Waals surface area contributed by atoms with Crippen molar-refractivity contribution >= 4 is 5.76 Å². The number of aryl methyl sites for hydroxylation is 1. The Morgan fingerprint density at radius 3 is 2.64 bits per heavy atom. The average Bonchev–Trinajstić information content (AvgIpc) is 2.17. The van der Waals surface area contributed by atoms with E-state index in [1.165, 1.54) is 11.1 Å². The quantitative estimate of drug-likeness (QED) is 0.713. The summed E-state index contributed by atoms with van der Waals surface area (Å²) in [5.41, 5.74) is 3.41. The number of aliphatic hydroxyl groups is 1. The zero-order chi connectivity index (χ0) is 10.7. The fourth-order valence-corrected chi connectivity index (χ4v) is 1.57. The Bertz CT molecular complexity index is 339. The minimum Gasteiger partial charge on any atom is -0.508 e. The number of hydrogen-bond donors (Lipinski definition) is 1. The Morgan fingerprint density at radius 2 is 2.14 bits per heavy atom. The van der Waals surface area contributed by atoms with Crippen molar-refractivity contribution in [2.45, 2.75) is 33.1 Å². The molecule has 1 aromatic rings. The van der Waals surface area contributed by atoms with E-state index in [9.17, 15) is 5.11 Å². The average molecular weight is 190 g/mol. The van der Waals surface area contributed by atoms with Crippen molar-refractivity contribution in [2.24, 2.45) is 0 Å². The van der Waals surface area contributed by atoms with Crippen LogP contribution in [-0.4, -0.2) is 5.11 Å².